The molecule has 5 nitrogen and oxygen atoms in total. The van der Waals surface area contributed by atoms with E-state index in [1.807, 2.05) is 42.5 Å². The van der Waals surface area contributed by atoms with Crippen molar-refractivity contribution in [2.75, 3.05) is 13.1 Å². The van der Waals surface area contributed by atoms with Gasteiger partial charge in [-0.05, 0) is 36.2 Å². The summed E-state index contributed by atoms with van der Waals surface area (Å²) in [6, 6.07) is 20.1. The zero-order chi connectivity index (χ0) is 17.8. The van der Waals surface area contributed by atoms with Gasteiger partial charge in [-0.25, -0.2) is 0 Å². The van der Waals surface area contributed by atoms with E-state index in [0.29, 0.717) is 23.8 Å². The van der Waals surface area contributed by atoms with Crippen LogP contribution in [0.2, 0.25) is 0 Å². The first-order valence-corrected chi connectivity index (χ1v) is 8.88. The van der Waals surface area contributed by atoms with E-state index < -0.39 is 0 Å². The molecule has 1 aliphatic rings. The standard InChI is InChI=1S/C21H20N4O/c22-13-17-6-8-18(9-7-17)14-25-11-10-19(15-25)21-24-23-20(26-21)12-16-4-2-1-3-5-16/h1-9,19H,10-12,14-15H2/t19-/m0/s1. The van der Waals surface area contributed by atoms with Gasteiger partial charge >= 0.3 is 0 Å². The number of likely N-dealkylation sites (tertiary alicyclic amines) is 1. The average molecular weight is 344 g/mol. The normalized spacial score (nSPS) is 17.3. The van der Waals surface area contributed by atoms with Crippen molar-refractivity contribution in [2.45, 2.75) is 25.3 Å². The van der Waals surface area contributed by atoms with Crippen molar-refractivity contribution in [3.05, 3.63) is 83.1 Å². The minimum atomic E-state index is 0.297. The topological polar surface area (TPSA) is 66.0 Å². The zero-order valence-electron chi connectivity index (χ0n) is 14.5. The lowest BCUT2D eigenvalue weighted by Gasteiger charge is -2.15. The summed E-state index contributed by atoms with van der Waals surface area (Å²) in [5.41, 5.74) is 3.10. The Labute approximate surface area is 152 Å². The van der Waals surface area contributed by atoms with Crippen LogP contribution in [0.1, 0.15) is 40.8 Å². The molecule has 1 fully saturated rings. The molecule has 0 aliphatic carbocycles. The van der Waals surface area contributed by atoms with Crippen LogP contribution in [-0.2, 0) is 13.0 Å². The maximum atomic E-state index is 8.88. The predicted molar refractivity (Wildman–Crippen MR) is 97.3 cm³/mol. The minimum Gasteiger partial charge on any atom is -0.425 e. The highest BCUT2D eigenvalue weighted by atomic mass is 16.4. The third kappa shape index (κ3) is 3.81. The van der Waals surface area contributed by atoms with Crippen LogP contribution in [-0.4, -0.2) is 28.2 Å². The van der Waals surface area contributed by atoms with Crippen LogP contribution in [0.3, 0.4) is 0 Å². The van der Waals surface area contributed by atoms with E-state index in [2.05, 4.69) is 33.3 Å². The molecule has 0 saturated carbocycles. The van der Waals surface area contributed by atoms with Crippen LogP contribution in [0, 0.1) is 11.3 Å². The Balaban J connectivity index is 1.35. The maximum Gasteiger partial charge on any atom is 0.220 e. The molecular weight excluding hydrogens is 324 g/mol. The fourth-order valence-corrected chi connectivity index (χ4v) is 3.39. The van der Waals surface area contributed by atoms with Crippen molar-refractivity contribution in [1.29, 1.82) is 5.26 Å². The van der Waals surface area contributed by atoms with Gasteiger partial charge in [0.1, 0.15) is 0 Å². The second-order valence-electron chi connectivity index (χ2n) is 6.73. The van der Waals surface area contributed by atoms with E-state index in [-0.39, 0.29) is 0 Å². The predicted octanol–water partition coefficient (Wildman–Crippen LogP) is 3.52. The molecule has 0 N–H and O–H groups in total. The Morgan fingerprint density at radius 2 is 1.85 bits per heavy atom. The highest BCUT2D eigenvalue weighted by Crippen LogP contribution is 2.27. The summed E-state index contributed by atoms with van der Waals surface area (Å²) >= 11 is 0. The molecule has 130 valence electrons. The molecule has 0 spiro atoms. The van der Waals surface area contributed by atoms with Crippen LogP contribution in [0.15, 0.2) is 59.0 Å². The van der Waals surface area contributed by atoms with Gasteiger partial charge in [0.25, 0.3) is 0 Å². The van der Waals surface area contributed by atoms with Crippen molar-refractivity contribution in [1.82, 2.24) is 15.1 Å². The first kappa shape index (κ1) is 16.5. The molecule has 2 aromatic carbocycles. The molecule has 2 heterocycles. The van der Waals surface area contributed by atoms with E-state index in [0.717, 1.165) is 31.9 Å². The van der Waals surface area contributed by atoms with Gasteiger partial charge in [0.05, 0.1) is 24.0 Å². The van der Waals surface area contributed by atoms with Gasteiger partial charge in [-0.2, -0.15) is 5.26 Å². The molecule has 1 atom stereocenters. The molecule has 1 saturated heterocycles. The summed E-state index contributed by atoms with van der Waals surface area (Å²) in [5.74, 6) is 1.72. The van der Waals surface area contributed by atoms with Crippen molar-refractivity contribution in [2.24, 2.45) is 0 Å². The Morgan fingerprint density at radius 3 is 2.62 bits per heavy atom. The highest BCUT2D eigenvalue weighted by molar-refractivity contribution is 5.31. The third-order valence-electron chi connectivity index (χ3n) is 4.79. The van der Waals surface area contributed by atoms with Crippen molar-refractivity contribution in [3.8, 4) is 6.07 Å². The van der Waals surface area contributed by atoms with Gasteiger partial charge in [-0.3, -0.25) is 4.90 Å². The van der Waals surface area contributed by atoms with Gasteiger partial charge in [0.15, 0.2) is 0 Å². The van der Waals surface area contributed by atoms with Gasteiger partial charge in [0, 0.05) is 13.1 Å². The number of nitriles is 1. The Hall–Kier alpha value is -2.97. The zero-order valence-corrected chi connectivity index (χ0v) is 14.5. The van der Waals surface area contributed by atoms with Crippen LogP contribution in [0.25, 0.3) is 0 Å². The van der Waals surface area contributed by atoms with E-state index in [9.17, 15) is 0 Å². The SMILES string of the molecule is N#Cc1ccc(CN2CC[C@H](c3nnc(Cc4ccccc4)o3)C2)cc1. The molecule has 3 aromatic rings. The quantitative estimate of drug-likeness (QED) is 0.708. The number of benzene rings is 2. The Kier molecular flexibility index (Phi) is 4.76. The summed E-state index contributed by atoms with van der Waals surface area (Å²) in [6.07, 6.45) is 1.71. The van der Waals surface area contributed by atoms with Crippen molar-refractivity contribution in [3.63, 3.8) is 0 Å². The first-order chi connectivity index (χ1) is 12.8. The largest absolute Gasteiger partial charge is 0.425 e. The van der Waals surface area contributed by atoms with E-state index >= 15 is 0 Å². The summed E-state index contributed by atoms with van der Waals surface area (Å²) in [4.78, 5) is 2.40. The fourth-order valence-electron chi connectivity index (χ4n) is 3.39. The van der Waals surface area contributed by atoms with Gasteiger partial charge in [0.2, 0.25) is 11.8 Å². The van der Waals surface area contributed by atoms with Crippen molar-refractivity contribution >= 4 is 0 Å². The summed E-state index contributed by atoms with van der Waals surface area (Å²) in [6.45, 7) is 2.82. The van der Waals surface area contributed by atoms with E-state index in [1.54, 1.807) is 0 Å². The van der Waals surface area contributed by atoms with Gasteiger partial charge < -0.3 is 4.42 Å². The smallest absolute Gasteiger partial charge is 0.220 e. The molecule has 0 radical (unpaired) electrons. The number of aromatic nitrogens is 2. The molecule has 0 amide bonds. The lowest BCUT2D eigenvalue weighted by atomic mass is 10.1. The highest BCUT2D eigenvalue weighted by Gasteiger charge is 2.28. The fraction of sp³-hybridized carbons (Fsp3) is 0.286. The molecular formula is C21H20N4O. The second-order valence-corrected chi connectivity index (χ2v) is 6.73. The molecule has 0 unspecified atom stereocenters. The van der Waals surface area contributed by atoms with Gasteiger partial charge in [-0.1, -0.05) is 42.5 Å². The molecule has 5 heteroatoms. The van der Waals surface area contributed by atoms with Crippen LogP contribution in [0.4, 0.5) is 0 Å². The lowest BCUT2D eigenvalue weighted by molar-refractivity contribution is 0.318. The number of hydrogen-bond acceptors (Lipinski definition) is 5. The molecule has 1 aliphatic heterocycles. The molecule has 4 rings (SSSR count). The average Bonchev–Trinajstić information content (AvgIpc) is 3.33. The number of rotatable bonds is 5. The van der Waals surface area contributed by atoms with E-state index in [4.69, 9.17) is 9.68 Å². The molecule has 0 bridgehead atoms. The third-order valence-corrected chi connectivity index (χ3v) is 4.79. The first-order valence-electron chi connectivity index (χ1n) is 8.88. The summed E-state index contributed by atoms with van der Waals surface area (Å²) in [7, 11) is 0. The van der Waals surface area contributed by atoms with E-state index in [1.165, 1.54) is 11.1 Å². The number of hydrogen-bond donors (Lipinski definition) is 0. The van der Waals surface area contributed by atoms with Crippen LogP contribution in [0.5, 0.6) is 0 Å². The van der Waals surface area contributed by atoms with Crippen molar-refractivity contribution < 1.29 is 4.42 Å². The second kappa shape index (κ2) is 7.51. The van der Waals surface area contributed by atoms with Gasteiger partial charge in [-0.15, -0.1) is 10.2 Å². The van der Waals surface area contributed by atoms with Crippen LogP contribution >= 0.6 is 0 Å². The molecule has 1 aromatic heterocycles. The number of nitrogens with zero attached hydrogens (tertiary/aromatic N) is 4. The lowest BCUT2D eigenvalue weighted by Crippen LogP contribution is -2.19. The minimum absolute atomic E-state index is 0.297. The molecule has 26 heavy (non-hydrogen) atoms. The Bertz CT molecular complexity index is 896. The monoisotopic (exact) mass is 344 g/mol. The summed E-state index contributed by atoms with van der Waals surface area (Å²) < 4.78 is 5.92. The maximum absolute atomic E-state index is 8.88. The Morgan fingerprint density at radius 1 is 1.04 bits per heavy atom. The summed E-state index contributed by atoms with van der Waals surface area (Å²) in [5, 5.41) is 17.4. The van der Waals surface area contributed by atoms with Crippen LogP contribution < -0.4 is 0 Å².